The molecule has 4 rings (SSSR count). The fourth-order valence-corrected chi connectivity index (χ4v) is 5.67. The first kappa shape index (κ1) is 27.2. The molecule has 1 aliphatic heterocycles. The average molecular weight is 520 g/mol. The van der Waals surface area contributed by atoms with Gasteiger partial charge in [-0.2, -0.15) is 0 Å². The summed E-state index contributed by atoms with van der Waals surface area (Å²) in [4.78, 5) is 43.3. The zero-order valence-corrected chi connectivity index (χ0v) is 21.6. The predicted octanol–water partition coefficient (Wildman–Crippen LogP) is 2.26. The topological polar surface area (TPSA) is 151 Å². The van der Waals surface area contributed by atoms with Gasteiger partial charge in [0.1, 0.15) is 0 Å². The van der Waals surface area contributed by atoms with E-state index in [1.165, 1.54) is 5.56 Å². The van der Waals surface area contributed by atoms with E-state index in [-0.39, 0.29) is 36.3 Å². The van der Waals surface area contributed by atoms with E-state index in [0.29, 0.717) is 31.5 Å². The number of aryl methyl sites for hydroxylation is 2. The largest absolute Gasteiger partial charge is 0.481 e. The minimum atomic E-state index is -0.960. The number of amides is 2. The van der Waals surface area contributed by atoms with Crippen LogP contribution in [0, 0.1) is 5.92 Å². The van der Waals surface area contributed by atoms with Crippen LogP contribution >= 0.6 is 0 Å². The number of carboxylic acids is 1. The van der Waals surface area contributed by atoms with E-state index in [1.807, 2.05) is 41.3 Å². The Balaban J connectivity index is 1.31. The van der Waals surface area contributed by atoms with E-state index in [1.54, 1.807) is 0 Å². The molecule has 0 spiro atoms. The molecule has 1 heterocycles. The standard InChI is InChI=1S/C29H37N5O4/c30-29(31)33-24-11-10-20-15-22(9-8-21(20)16-24)27(37)32-13-12-25-17-23(18-26(35)36)28(38)34(25)14-4-7-19-5-2-1-3-6-19/h1-3,5-6,8-9,15,23-25H,4,7,10-14,16-18H2,(H,32,37)(H,35,36)(H4,30,31,33)/t23-,24?,25+/m0/s1. The number of carboxylic acid groups (broad SMARTS) is 1. The molecule has 2 aromatic rings. The van der Waals surface area contributed by atoms with Gasteiger partial charge >= 0.3 is 5.97 Å². The van der Waals surface area contributed by atoms with E-state index in [0.717, 1.165) is 43.2 Å². The minimum Gasteiger partial charge on any atom is -0.481 e. The molecule has 1 saturated heterocycles. The highest BCUT2D eigenvalue weighted by Crippen LogP contribution is 2.30. The van der Waals surface area contributed by atoms with Crippen molar-refractivity contribution in [1.82, 2.24) is 10.2 Å². The SMILES string of the molecule is NC(N)=NC1CCc2cc(C(=O)NCC[C@@H]3C[C@@H](CC(=O)O)C(=O)N3CCCc3ccccc3)ccc2C1. The summed E-state index contributed by atoms with van der Waals surface area (Å²) >= 11 is 0. The van der Waals surface area contributed by atoms with Crippen molar-refractivity contribution in [2.24, 2.45) is 22.4 Å². The number of likely N-dealkylation sites (tertiary alicyclic amines) is 1. The molecule has 1 unspecified atom stereocenters. The number of nitrogens with one attached hydrogen (secondary N) is 1. The molecule has 9 nitrogen and oxygen atoms in total. The van der Waals surface area contributed by atoms with E-state index in [4.69, 9.17) is 11.5 Å². The number of aliphatic carboxylic acids is 1. The molecule has 2 aromatic carbocycles. The molecule has 0 bridgehead atoms. The van der Waals surface area contributed by atoms with Crippen molar-refractivity contribution in [2.45, 2.75) is 63.5 Å². The number of fused-ring (bicyclic) bond motifs is 1. The van der Waals surface area contributed by atoms with E-state index < -0.39 is 11.9 Å². The van der Waals surface area contributed by atoms with Crippen LogP contribution in [0.1, 0.15) is 59.2 Å². The third kappa shape index (κ3) is 7.12. The van der Waals surface area contributed by atoms with Gasteiger partial charge in [-0.3, -0.25) is 14.4 Å². The highest BCUT2D eigenvalue weighted by molar-refractivity contribution is 5.94. The zero-order chi connectivity index (χ0) is 27.1. The van der Waals surface area contributed by atoms with E-state index in [9.17, 15) is 19.5 Å². The average Bonchev–Trinajstić information content (AvgIpc) is 3.17. The van der Waals surface area contributed by atoms with Crippen LogP contribution in [0.15, 0.2) is 53.5 Å². The summed E-state index contributed by atoms with van der Waals surface area (Å²) in [6, 6.07) is 15.8. The smallest absolute Gasteiger partial charge is 0.304 e. The van der Waals surface area contributed by atoms with E-state index in [2.05, 4.69) is 22.4 Å². The van der Waals surface area contributed by atoms with Gasteiger partial charge in [0, 0.05) is 24.7 Å². The molecule has 2 aliphatic rings. The van der Waals surface area contributed by atoms with Crippen LogP contribution in [0.2, 0.25) is 0 Å². The molecule has 0 aromatic heterocycles. The van der Waals surface area contributed by atoms with Crippen molar-refractivity contribution < 1.29 is 19.5 Å². The zero-order valence-electron chi connectivity index (χ0n) is 21.6. The lowest BCUT2D eigenvalue weighted by Gasteiger charge is -2.25. The third-order valence-electron chi connectivity index (χ3n) is 7.52. The van der Waals surface area contributed by atoms with Crippen molar-refractivity contribution in [3.05, 3.63) is 70.8 Å². The molecular weight excluding hydrogens is 482 g/mol. The van der Waals surface area contributed by atoms with Crippen LogP contribution in [0.25, 0.3) is 0 Å². The van der Waals surface area contributed by atoms with Crippen molar-refractivity contribution in [2.75, 3.05) is 13.1 Å². The maximum absolute atomic E-state index is 13.0. The van der Waals surface area contributed by atoms with Gasteiger partial charge in [0.15, 0.2) is 5.96 Å². The van der Waals surface area contributed by atoms with Gasteiger partial charge in [-0.25, -0.2) is 4.99 Å². The predicted molar refractivity (Wildman–Crippen MR) is 146 cm³/mol. The van der Waals surface area contributed by atoms with Gasteiger partial charge in [0.2, 0.25) is 5.91 Å². The molecule has 202 valence electrons. The summed E-state index contributed by atoms with van der Waals surface area (Å²) in [7, 11) is 0. The second-order valence-electron chi connectivity index (χ2n) is 10.3. The number of aliphatic imine (C=N–C) groups is 1. The van der Waals surface area contributed by atoms with Gasteiger partial charge in [-0.15, -0.1) is 0 Å². The van der Waals surface area contributed by atoms with Gasteiger partial charge < -0.3 is 26.8 Å². The Kier molecular flexibility index (Phi) is 8.99. The fourth-order valence-electron chi connectivity index (χ4n) is 5.67. The van der Waals surface area contributed by atoms with Crippen LogP contribution in [-0.2, 0) is 28.9 Å². The Morgan fingerprint density at radius 3 is 2.63 bits per heavy atom. The summed E-state index contributed by atoms with van der Waals surface area (Å²) in [6.45, 7) is 0.990. The lowest BCUT2D eigenvalue weighted by atomic mass is 9.87. The molecule has 6 N–H and O–H groups in total. The van der Waals surface area contributed by atoms with Crippen LogP contribution in [0.5, 0.6) is 0 Å². The van der Waals surface area contributed by atoms with Crippen molar-refractivity contribution in [3.8, 4) is 0 Å². The highest BCUT2D eigenvalue weighted by Gasteiger charge is 2.39. The molecule has 1 fully saturated rings. The third-order valence-corrected chi connectivity index (χ3v) is 7.52. The van der Waals surface area contributed by atoms with Crippen molar-refractivity contribution in [3.63, 3.8) is 0 Å². The number of carbonyl (C=O) groups is 3. The fraction of sp³-hybridized carbons (Fsp3) is 0.448. The van der Waals surface area contributed by atoms with Crippen LogP contribution < -0.4 is 16.8 Å². The quantitative estimate of drug-likeness (QED) is 0.264. The second kappa shape index (κ2) is 12.6. The monoisotopic (exact) mass is 519 g/mol. The summed E-state index contributed by atoms with van der Waals surface area (Å²) in [5.74, 6) is -1.61. The molecular formula is C29H37N5O4. The molecule has 0 radical (unpaired) electrons. The number of nitrogens with two attached hydrogens (primary N) is 2. The number of nitrogens with zero attached hydrogens (tertiary/aromatic N) is 2. The Morgan fingerprint density at radius 1 is 1.11 bits per heavy atom. The minimum absolute atomic E-state index is 0.0712. The first-order chi connectivity index (χ1) is 18.3. The molecule has 1 aliphatic carbocycles. The molecule has 38 heavy (non-hydrogen) atoms. The Morgan fingerprint density at radius 2 is 1.89 bits per heavy atom. The lowest BCUT2D eigenvalue weighted by molar-refractivity contribution is -0.142. The van der Waals surface area contributed by atoms with Gasteiger partial charge in [-0.05, 0) is 73.8 Å². The summed E-state index contributed by atoms with van der Waals surface area (Å²) in [6.07, 6.45) is 4.99. The highest BCUT2D eigenvalue weighted by atomic mass is 16.4. The number of carbonyl (C=O) groups excluding carboxylic acids is 2. The van der Waals surface area contributed by atoms with E-state index >= 15 is 0 Å². The molecule has 9 heteroatoms. The molecule has 2 amide bonds. The number of hydrogen-bond acceptors (Lipinski definition) is 4. The number of hydrogen-bond donors (Lipinski definition) is 4. The maximum atomic E-state index is 13.0. The second-order valence-corrected chi connectivity index (χ2v) is 10.3. The molecule has 3 atom stereocenters. The summed E-state index contributed by atoms with van der Waals surface area (Å²) in [5.41, 5.74) is 15.2. The summed E-state index contributed by atoms with van der Waals surface area (Å²) < 4.78 is 0. The van der Waals surface area contributed by atoms with Crippen LogP contribution in [0.3, 0.4) is 0 Å². The number of guanidine groups is 1. The van der Waals surface area contributed by atoms with Crippen molar-refractivity contribution in [1.29, 1.82) is 0 Å². The van der Waals surface area contributed by atoms with Gasteiger partial charge in [-0.1, -0.05) is 36.4 Å². The van der Waals surface area contributed by atoms with Gasteiger partial charge in [0.25, 0.3) is 5.91 Å². The summed E-state index contributed by atoms with van der Waals surface area (Å²) in [5, 5.41) is 12.2. The first-order valence-corrected chi connectivity index (χ1v) is 13.3. The van der Waals surface area contributed by atoms with Crippen LogP contribution in [-0.4, -0.2) is 58.9 Å². The van der Waals surface area contributed by atoms with Gasteiger partial charge in [0.05, 0.1) is 18.4 Å². The first-order valence-electron chi connectivity index (χ1n) is 13.3. The Labute approximate surface area is 223 Å². The Hall–Kier alpha value is -3.88. The maximum Gasteiger partial charge on any atom is 0.304 e. The lowest BCUT2D eigenvalue weighted by Crippen LogP contribution is -2.37. The number of benzene rings is 2. The molecule has 0 saturated carbocycles. The Bertz CT molecular complexity index is 1180. The number of rotatable bonds is 11. The van der Waals surface area contributed by atoms with Crippen molar-refractivity contribution >= 4 is 23.7 Å². The normalized spacial score (nSPS) is 20.6. The van der Waals surface area contributed by atoms with Crippen LogP contribution in [0.4, 0.5) is 0 Å².